The Hall–Kier alpha value is -1.10. The van der Waals surface area contributed by atoms with Gasteiger partial charge in [0.25, 0.3) is 0 Å². The second kappa shape index (κ2) is 6.59. The fraction of sp³-hybridized carbons (Fsp3) is 0.833. The van der Waals surface area contributed by atoms with Crippen LogP contribution in [0.1, 0.15) is 27.7 Å². The quantitative estimate of drug-likeness (QED) is 0.756. The minimum absolute atomic E-state index is 0.0439. The lowest BCUT2D eigenvalue weighted by Gasteiger charge is -2.25. The zero-order valence-electron chi connectivity index (χ0n) is 11.8. The smallest absolute Gasteiger partial charge is 0.241 e. The molecule has 0 aliphatic carbocycles. The van der Waals surface area contributed by atoms with Crippen LogP contribution in [-0.2, 0) is 9.59 Å². The van der Waals surface area contributed by atoms with E-state index < -0.39 is 0 Å². The lowest BCUT2D eigenvalue weighted by atomic mass is 10.1. The highest BCUT2D eigenvalue weighted by molar-refractivity contribution is 5.85. The summed E-state index contributed by atoms with van der Waals surface area (Å²) in [7, 11) is 3.38. The van der Waals surface area contributed by atoms with Gasteiger partial charge < -0.3 is 15.1 Å². The summed E-state index contributed by atoms with van der Waals surface area (Å²) in [5.41, 5.74) is -0.0966. The molecule has 0 bridgehead atoms. The summed E-state index contributed by atoms with van der Waals surface area (Å²) in [6.07, 6.45) is 0. The summed E-state index contributed by atoms with van der Waals surface area (Å²) < 4.78 is 0. The third-order valence-electron chi connectivity index (χ3n) is 2.33. The number of carbonyl (C=O) groups excluding carboxylic acids is 2. The third kappa shape index (κ3) is 6.94. The molecule has 100 valence electrons. The Morgan fingerprint density at radius 3 is 2.00 bits per heavy atom. The lowest BCUT2D eigenvalue weighted by Crippen LogP contribution is -2.47. The van der Waals surface area contributed by atoms with E-state index in [0.29, 0.717) is 6.54 Å². The molecule has 0 aromatic rings. The van der Waals surface area contributed by atoms with Crippen molar-refractivity contribution in [2.45, 2.75) is 33.2 Å². The van der Waals surface area contributed by atoms with Crippen molar-refractivity contribution in [2.24, 2.45) is 0 Å². The van der Waals surface area contributed by atoms with Crippen LogP contribution in [0.5, 0.6) is 0 Å². The normalized spacial score (nSPS) is 11.2. The Kier molecular flexibility index (Phi) is 6.16. The van der Waals surface area contributed by atoms with Gasteiger partial charge in [0, 0.05) is 26.2 Å². The van der Waals surface area contributed by atoms with Gasteiger partial charge in [-0.3, -0.25) is 9.59 Å². The first kappa shape index (κ1) is 15.9. The van der Waals surface area contributed by atoms with E-state index in [9.17, 15) is 9.59 Å². The molecule has 2 amide bonds. The summed E-state index contributed by atoms with van der Waals surface area (Å²) in [6.45, 7) is 8.83. The Balaban J connectivity index is 4.27. The molecule has 0 rings (SSSR count). The zero-order chi connectivity index (χ0) is 13.6. The van der Waals surface area contributed by atoms with Crippen LogP contribution in [0.3, 0.4) is 0 Å². The second-order valence-electron chi connectivity index (χ2n) is 5.30. The molecule has 0 aliphatic heterocycles. The average molecular weight is 243 g/mol. The summed E-state index contributed by atoms with van der Waals surface area (Å²) in [6, 6.07) is 0. The van der Waals surface area contributed by atoms with E-state index in [2.05, 4.69) is 5.32 Å². The highest BCUT2D eigenvalue weighted by Gasteiger charge is 2.18. The Bertz CT molecular complexity index is 269. The van der Waals surface area contributed by atoms with Gasteiger partial charge in [-0.2, -0.15) is 0 Å². The number of likely N-dealkylation sites (N-methyl/N-ethyl adjacent to an activating group) is 2. The van der Waals surface area contributed by atoms with E-state index in [4.69, 9.17) is 0 Å². The number of nitrogens with one attached hydrogen (secondary N) is 1. The number of carbonyl (C=O) groups is 2. The van der Waals surface area contributed by atoms with Crippen LogP contribution in [0.4, 0.5) is 0 Å². The second-order valence-corrected chi connectivity index (χ2v) is 5.30. The van der Waals surface area contributed by atoms with Gasteiger partial charge in [-0.05, 0) is 27.7 Å². The predicted octanol–water partition coefficient (Wildman–Crippen LogP) is 0.311. The van der Waals surface area contributed by atoms with Gasteiger partial charge in [0.05, 0.1) is 13.1 Å². The molecule has 0 aromatic heterocycles. The first-order valence-corrected chi connectivity index (χ1v) is 5.90. The largest absolute Gasteiger partial charge is 0.347 e. The molecule has 1 N–H and O–H groups in total. The van der Waals surface area contributed by atoms with Crippen LogP contribution in [-0.4, -0.2) is 60.9 Å². The topological polar surface area (TPSA) is 52.7 Å². The maximum Gasteiger partial charge on any atom is 0.241 e. The molecule has 0 aliphatic rings. The molecule has 0 spiro atoms. The van der Waals surface area contributed by atoms with Gasteiger partial charge in [0.2, 0.25) is 11.8 Å². The van der Waals surface area contributed by atoms with E-state index in [1.54, 1.807) is 19.0 Å². The van der Waals surface area contributed by atoms with Crippen LogP contribution in [0.2, 0.25) is 0 Å². The van der Waals surface area contributed by atoms with Gasteiger partial charge in [0.1, 0.15) is 0 Å². The summed E-state index contributed by atoms with van der Waals surface area (Å²) in [5, 5.41) is 3.12. The van der Waals surface area contributed by atoms with Gasteiger partial charge in [0.15, 0.2) is 0 Å². The molecular weight excluding hydrogens is 218 g/mol. The fourth-order valence-electron chi connectivity index (χ4n) is 1.13. The zero-order valence-corrected chi connectivity index (χ0v) is 11.8. The number of hydrogen-bond acceptors (Lipinski definition) is 3. The van der Waals surface area contributed by atoms with Crippen LogP contribution < -0.4 is 5.32 Å². The molecule has 5 nitrogen and oxygen atoms in total. The molecule has 0 heterocycles. The van der Waals surface area contributed by atoms with Gasteiger partial charge in [-0.25, -0.2) is 0 Å². The standard InChI is InChI=1S/C12H25N3O2/c1-7-15(9-11(17)14(5)6)10(16)8-13-12(2,3)4/h13H,7-9H2,1-6H3. The van der Waals surface area contributed by atoms with Gasteiger partial charge in [-0.1, -0.05) is 0 Å². The van der Waals surface area contributed by atoms with E-state index >= 15 is 0 Å². The molecule has 0 saturated carbocycles. The number of amides is 2. The number of hydrogen-bond donors (Lipinski definition) is 1. The molecule has 0 unspecified atom stereocenters. The average Bonchev–Trinajstić information content (AvgIpc) is 2.20. The van der Waals surface area contributed by atoms with Gasteiger partial charge >= 0.3 is 0 Å². The maximum atomic E-state index is 11.9. The highest BCUT2D eigenvalue weighted by atomic mass is 16.2. The minimum Gasteiger partial charge on any atom is -0.347 e. The molecule has 0 aromatic carbocycles. The summed E-state index contributed by atoms with van der Waals surface area (Å²) in [5.74, 6) is -0.103. The molecule has 5 heteroatoms. The van der Waals surface area contributed by atoms with E-state index in [0.717, 1.165) is 0 Å². The Morgan fingerprint density at radius 1 is 1.12 bits per heavy atom. The SMILES string of the molecule is CCN(CC(=O)N(C)C)C(=O)CNC(C)(C)C. The van der Waals surface area contributed by atoms with Crippen molar-refractivity contribution in [3.63, 3.8) is 0 Å². The van der Waals surface area contributed by atoms with E-state index in [1.165, 1.54) is 4.90 Å². The Morgan fingerprint density at radius 2 is 1.65 bits per heavy atom. The monoisotopic (exact) mass is 243 g/mol. The van der Waals surface area contributed by atoms with Crippen molar-refractivity contribution in [3.8, 4) is 0 Å². The summed E-state index contributed by atoms with van der Waals surface area (Å²) in [4.78, 5) is 26.5. The van der Waals surface area contributed by atoms with Crippen molar-refractivity contribution in [2.75, 3.05) is 33.7 Å². The summed E-state index contributed by atoms with van der Waals surface area (Å²) >= 11 is 0. The van der Waals surface area contributed by atoms with E-state index in [1.807, 2.05) is 27.7 Å². The molecule has 0 fully saturated rings. The van der Waals surface area contributed by atoms with Crippen LogP contribution in [0, 0.1) is 0 Å². The van der Waals surface area contributed by atoms with Crippen molar-refractivity contribution < 1.29 is 9.59 Å². The van der Waals surface area contributed by atoms with Crippen molar-refractivity contribution in [1.29, 1.82) is 0 Å². The third-order valence-corrected chi connectivity index (χ3v) is 2.33. The minimum atomic E-state index is -0.0966. The lowest BCUT2D eigenvalue weighted by molar-refractivity contribution is -0.138. The first-order valence-electron chi connectivity index (χ1n) is 5.90. The molecular formula is C12H25N3O2. The van der Waals surface area contributed by atoms with E-state index in [-0.39, 0.29) is 30.4 Å². The predicted molar refractivity (Wildman–Crippen MR) is 68.7 cm³/mol. The maximum absolute atomic E-state index is 11.9. The van der Waals surface area contributed by atoms with Crippen molar-refractivity contribution >= 4 is 11.8 Å². The van der Waals surface area contributed by atoms with Crippen molar-refractivity contribution in [1.82, 2.24) is 15.1 Å². The van der Waals surface area contributed by atoms with Crippen LogP contribution in [0.15, 0.2) is 0 Å². The Labute approximate surface area is 104 Å². The van der Waals surface area contributed by atoms with Crippen LogP contribution in [0.25, 0.3) is 0 Å². The fourth-order valence-corrected chi connectivity index (χ4v) is 1.13. The highest BCUT2D eigenvalue weighted by Crippen LogP contribution is 1.99. The molecule has 0 radical (unpaired) electrons. The molecule has 17 heavy (non-hydrogen) atoms. The molecule has 0 saturated heterocycles. The number of rotatable bonds is 5. The molecule has 0 atom stereocenters. The van der Waals surface area contributed by atoms with Gasteiger partial charge in [-0.15, -0.1) is 0 Å². The van der Waals surface area contributed by atoms with Crippen LogP contribution >= 0.6 is 0 Å². The number of nitrogens with zero attached hydrogens (tertiary/aromatic N) is 2. The van der Waals surface area contributed by atoms with Crippen molar-refractivity contribution in [3.05, 3.63) is 0 Å². The first-order chi connectivity index (χ1) is 7.67.